The largest absolute Gasteiger partial charge is 0.352 e. The van der Waals surface area contributed by atoms with E-state index in [1.165, 1.54) is 24.8 Å². The van der Waals surface area contributed by atoms with Gasteiger partial charge in [-0.1, -0.05) is 57.4 Å². The monoisotopic (exact) mass is 293 g/mol. The number of rotatable bonds is 4. The Bertz CT molecular complexity index is 435. The Morgan fingerprint density at radius 2 is 1.65 bits per heavy atom. The van der Waals surface area contributed by atoms with Crippen molar-refractivity contribution in [1.29, 1.82) is 0 Å². The highest BCUT2D eigenvalue weighted by molar-refractivity contribution is 6.30. The molecule has 0 spiro atoms. The molecule has 0 radical (unpaired) electrons. The Labute approximate surface area is 126 Å². The fourth-order valence-electron chi connectivity index (χ4n) is 2.72. The second-order valence-corrected chi connectivity index (χ2v) is 6.46. The zero-order valence-corrected chi connectivity index (χ0v) is 13.1. The summed E-state index contributed by atoms with van der Waals surface area (Å²) < 4.78 is 0. The van der Waals surface area contributed by atoms with Gasteiger partial charge in [-0.2, -0.15) is 0 Å². The van der Waals surface area contributed by atoms with Gasteiger partial charge in [0, 0.05) is 6.04 Å². The lowest BCUT2D eigenvalue weighted by atomic mass is 9.95. The van der Waals surface area contributed by atoms with Gasteiger partial charge in [-0.3, -0.25) is 4.79 Å². The van der Waals surface area contributed by atoms with Gasteiger partial charge in [0.25, 0.3) is 0 Å². The fourth-order valence-corrected chi connectivity index (χ4v) is 2.93. The van der Waals surface area contributed by atoms with Crippen molar-refractivity contribution in [3.05, 3.63) is 35.4 Å². The van der Waals surface area contributed by atoms with E-state index in [1.54, 1.807) is 0 Å². The van der Waals surface area contributed by atoms with Crippen molar-refractivity contribution in [1.82, 2.24) is 5.32 Å². The maximum atomic E-state index is 12.2. The van der Waals surface area contributed by atoms with Gasteiger partial charge in [-0.05, 0) is 29.9 Å². The summed E-state index contributed by atoms with van der Waals surface area (Å²) >= 11 is 6.30. The topological polar surface area (TPSA) is 29.1 Å². The average Bonchev–Trinajstić information content (AvgIpc) is 2.47. The molecule has 1 atom stereocenters. The summed E-state index contributed by atoms with van der Waals surface area (Å²) in [5, 5.41) is 2.50. The van der Waals surface area contributed by atoms with E-state index in [0.717, 1.165) is 18.4 Å². The molecule has 1 N–H and O–H groups in total. The SMILES string of the molecule is CC(C)c1ccc(C(Cl)C(=O)NC2CCCCC2)cc1. The van der Waals surface area contributed by atoms with Crippen molar-refractivity contribution < 1.29 is 4.79 Å². The van der Waals surface area contributed by atoms with Crippen LogP contribution in [0, 0.1) is 0 Å². The van der Waals surface area contributed by atoms with Crippen molar-refractivity contribution in [2.75, 3.05) is 0 Å². The van der Waals surface area contributed by atoms with E-state index in [-0.39, 0.29) is 5.91 Å². The predicted molar refractivity (Wildman–Crippen MR) is 84.1 cm³/mol. The van der Waals surface area contributed by atoms with Crippen LogP contribution in [0.1, 0.15) is 68.4 Å². The predicted octanol–water partition coefficient (Wildman–Crippen LogP) is 4.54. The summed E-state index contributed by atoms with van der Waals surface area (Å²) in [6.45, 7) is 4.31. The normalized spacial score (nSPS) is 18.0. The molecule has 1 aliphatic rings. The van der Waals surface area contributed by atoms with E-state index in [1.807, 2.05) is 12.1 Å². The first-order chi connectivity index (χ1) is 9.58. The molecule has 3 heteroatoms. The summed E-state index contributed by atoms with van der Waals surface area (Å²) in [5.41, 5.74) is 2.15. The van der Waals surface area contributed by atoms with Crippen LogP contribution in [0.5, 0.6) is 0 Å². The number of amides is 1. The van der Waals surface area contributed by atoms with Crippen LogP contribution in [0.15, 0.2) is 24.3 Å². The maximum Gasteiger partial charge on any atom is 0.242 e. The number of nitrogens with one attached hydrogen (secondary N) is 1. The minimum atomic E-state index is -0.585. The molecule has 0 heterocycles. The molecule has 1 saturated carbocycles. The van der Waals surface area contributed by atoms with Gasteiger partial charge in [-0.15, -0.1) is 11.6 Å². The fraction of sp³-hybridized carbons (Fsp3) is 0.588. The van der Waals surface area contributed by atoms with Crippen molar-refractivity contribution in [2.24, 2.45) is 0 Å². The van der Waals surface area contributed by atoms with Gasteiger partial charge in [-0.25, -0.2) is 0 Å². The van der Waals surface area contributed by atoms with E-state index in [4.69, 9.17) is 11.6 Å². The standard InChI is InChI=1S/C17H24ClNO/c1-12(2)13-8-10-14(11-9-13)16(18)17(20)19-15-6-4-3-5-7-15/h8-12,15-16H,3-7H2,1-2H3,(H,19,20). The van der Waals surface area contributed by atoms with Crippen LogP contribution in [0.3, 0.4) is 0 Å². The molecule has 0 bridgehead atoms. The molecule has 1 amide bonds. The smallest absolute Gasteiger partial charge is 0.242 e. The number of hydrogen-bond donors (Lipinski definition) is 1. The van der Waals surface area contributed by atoms with Gasteiger partial charge in [0.2, 0.25) is 5.91 Å². The Morgan fingerprint density at radius 1 is 1.10 bits per heavy atom. The molecule has 1 fully saturated rings. The van der Waals surface area contributed by atoms with Crippen LogP contribution in [0.2, 0.25) is 0 Å². The number of benzene rings is 1. The van der Waals surface area contributed by atoms with Crippen molar-refractivity contribution >= 4 is 17.5 Å². The maximum absolute atomic E-state index is 12.2. The lowest BCUT2D eigenvalue weighted by molar-refractivity contribution is -0.121. The summed E-state index contributed by atoms with van der Waals surface area (Å²) in [5.74, 6) is 0.435. The molecule has 1 aliphatic carbocycles. The first-order valence-electron chi connectivity index (χ1n) is 7.62. The third kappa shape index (κ3) is 3.99. The highest BCUT2D eigenvalue weighted by Crippen LogP contribution is 2.25. The Morgan fingerprint density at radius 3 is 2.20 bits per heavy atom. The zero-order valence-electron chi connectivity index (χ0n) is 12.4. The lowest BCUT2D eigenvalue weighted by Crippen LogP contribution is -2.38. The minimum absolute atomic E-state index is 0.0594. The number of hydrogen-bond acceptors (Lipinski definition) is 1. The van der Waals surface area contributed by atoms with Crippen LogP contribution >= 0.6 is 11.6 Å². The van der Waals surface area contributed by atoms with E-state index in [2.05, 4.69) is 31.3 Å². The average molecular weight is 294 g/mol. The van der Waals surface area contributed by atoms with E-state index in [9.17, 15) is 4.79 Å². The summed E-state index contributed by atoms with van der Waals surface area (Å²) in [7, 11) is 0. The van der Waals surface area contributed by atoms with Crippen molar-refractivity contribution in [2.45, 2.75) is 63.3 Å². The van der Waals surface area contributed by atoms with Crippen LogP contribution in [-0.4, -0.2) is 11.9 Å². The first-order valence-corrected chi connectivity index (χ1v) is 8.06. The van der Waals surface area contributed by atoms with Crippen LogP contribution in [-0.2, 0) is 4.79 Å². The number of alkyl halides is 1. The molecule has 110 valence electrons. The van der Waals surface area contributed by atoms with Crippen molar-refractivity contribution in [3.8, 4) is 0 Å². The number of carbonyl (C=O) groups excluding carboxylic acids is 1. The molecular weight excluding hydrogens is 270 g/mol. The van der Waals surface area contributed by atoms with Gasteiger partial charge < -0.3 is 5.32 Å². The molecule has 1 unspecified atom stereocenters. The molecule has 1 aromatic carbocycles. The van der Waals surface area contributed by atoms with Crippen molar-refractivity contribution in [3.63, 3.8) is 0 Å². The molecule has 2 nitrogen and oxygen atoms in total. The molecule has 0 aromatic heterocycles. The molecule has 1 aromatic rings. The second-order valence-electron chi connectivity index (χ2n) is 6.03. The van der Waals surface area contributed by atoms with E-state index >= 15 is 0 Å². The Balaban J connectivity index is 1.95. The quantitative estimate of drug-likeness (QED) is 0.811. The van der Waals surface area contributed by atoms with Gasteiger partial charge >= 0.3 is 0 Å². The zero-order chi connectivity index (χ0) is 14.5. The third-order valence-electron chi connectivity index (χ3n) is 4.08. The molecule has 20 heavy (non-hydrogen) atoms. The highest BCUT2D eigenvalue weighted by Gasteiger charge is 2.22. The summed E-state index contributed by atoms with van der Waals surface area (Å²) in [6, 6.07) is 8.36. The summed E-state index contributed by atoms with van der Waals surface area (Å²) in [6.07, 6.45) is 5.87. The van der Waals surface area contributed by atoms with Gasteiger partial charge in [0.1, 0.15) is 5.38 Å². The van der Waals surface area contributed by atoms with E-state index in [0.29, 0.717) is 12.0 Å². The Kier molecular flexibility index (Phi) is 5.47. The highest BCUT2D eigenvalue weighted by atomic mass is 35.5. The lowest BCUT2D eigenvalue weighted by Gasteiger charge is -2.24. The molecule has 0 saturated heterocycles. The molecule has 2 rings (SSSR count). The number of carbonyl (C=O) groups is 1. The summed E-state index contributed by atoms with van der Waals surface area (Å²) in [4.78, 5) is 12.2. The van der Waals surface area contributed by atoms with Crippen LogP contribution < -0.4 is 5.32 Å². The van der Waals surface area contributed by atoms with Crippen LogP contribution in [0.25, 0.3) is 0 Å². The number of halogens is 1. The third-order valence-corrected chi connectivity index (χ3v) is 4.53. The van der Waals surface area contributed by atoms with Gasteiger partial charge in [0.05, 0.1) is 0 Å². The Hall–Kier alpha value is -1.02. The second kappa shape index (κ2) is 7.12. The van der Waals surface area contributed by atoms with E-state index < -0.39 is 5.38 Å². The first kappa shape index (κ1) is 15.4. The molecular formula is C17H24ClNO. The van der Waals surface area contributed by atoms with Gasteiger partial charge in [0.15, 0.2) is 0 Å². The van der Waals surface area contributed by atoms with Crippen LogP contribution in [0.4, 0.5) is 0 Å². The minimum Gasteiger partial charge on any atom is -0.352 e. The molecule has 0 aliphatic heterocycles.